The van der Waals surface area contributed by atoms with E-state index in [0.717, 1.165) is 39.9 Å². The number of rotatable bonds is 4. The van der Waals surface area contributed by atoms with Crippen molar-refractivity contribution in [3.8, 4) is 11.3 Å². The normalized spacial score (nSPS) is 11.1. The van der Waals surface area contributed by atoms with E-state index in [-0.39, 0.29) is 0 Å². The highest BCUT2D eigenvalue weighted by Gasteiger charge is 2.09. The summed E-state index contributed by atoms with van der Waals surface area (Å²) in [6, 6.07) is 9.73. The average Bonchev–Trinajstić information content (AvgIpc) is 3.23. The third-order valence-electron chi connectivity index (χ3n) is 3.90. The van der Waals surface area contributed by atoms with Crippen molar-refractivity contribution in [1.29, 1.82) is 0 Å². The molecule has 0 atom stereocenters. The highest BCUT2D eigenvalue weighted by Crippen LogP contribution is 2.20. The van der Waals surface area contributed by atoms with Gasteiger partial charge >= 0.3 is 0 Å². The van der Waals surface area contributed by atoms with Gasteiger partial charge in [0.15, 0.2) is 5.65 Å². The molecule has 0 saturated heterocycles. The third kappa shape index (κ3) is 2.62. The van der Waals surface area contributed by atoms with E-state index in [1.165, 1.54) is 0 Å². The van der Waals surface area contributed by atoms with E-state index in [0.29, 0.717) is 6.54 Å². The zero-order chi connectivity index (χ0) is 16.5. The average molecular weight is 319 g/mol. The van der Waals surface area contributed by atoms with E-state index in [1.54, 1.807) is 12.5 Å². The van der Waals surface area contributed by atoms with Crippen molar-refractivity contribution in [2.75, 3.05) is 5.32 Å². The van der Waals surface area contributed by atoms with Crippen LogP contribution in [0, 0.1) is 13.8 Å². The molecule has 4 heterocycles. The van der Waals surface area contributed by atoms with Gasteiger partial charge in [-0.15, -0.1) is 0 Å². The number of furan rings is 1. The Morgan fingerprint density at radius 1 is 1.17 bits per heavy atom. The molecule has 0 aliphatic carbocycles. The SMILES string of the molecule is Cc1cc(C)n2cnc(CNc3ccc(-c4ccco4)cn3)c2n1. The standard InChI is InChI=1S/C18H17N5O/c1-12-8-13(2)23-11-21-15(18(23)22-12)10-20-17-6-5-14(9-19-17)16-4-3-7-24-16/h3-9,11H,10H2,1-2H3,(H,19,20). The molecule has 4 aromatic heterocycles. The van der Waals surface area contributed by atoms with E-state index in [9.17, 15) is 0 Å². The second-order valence-electron chi connectivity index (χ2n) is 5.69. The van der Waals surface area contributed by atoms with Crippen molar-refractivity contribution in [3.63, 3.8) is 0 Å². The Morgan fingerprint density at radius 2 is 2.08 bits per heavy atom. The first-order valence-electron chi connectivity index (χ1n) is 7.75. The lowest BCUT2D eigenvalue weighted by atomic mass is 10.2. The van der Waals surface area contributed by atoms with Gasteiger partial charge in [0, 0.05) is 23.1 Å². The van der Waals surface area contributed by atoms with E-state index >= 15 is 0 Å². The molecule has 0 aliphatic rings. The molecule has 0 saturated carbocycles. The van der Waals surface area contributed by atoms with Crippen LogP contribution in [-0.2, 0) is 6.54 Å². The Morgan fingerprint density at radius 3 is 2.83 bits per heavy atom. The van der Waals surface area contributed by atoms with E-state index in [4.69, 9.17) is 4.42 Å². The fourth-order valence-corrected chi connectivity index (χ4v) is 2.71. The lowest BCUT2D eigenvalue weighted by Gasteiger charge is -2.06. The van der Waals surface area contributed by atoms with Gasteiger partial charge in [0.2, 0.25) is 0 Å². The number of imidazole rings is 1. The fraction of sp³-hybridized carbons (Fsp3) is 0.167. The number of aryl methyl sites for hydroxylation is 2. The highest BCUT2D eigenvalue weighted by atomic mass is 16.3. The maximum Gasteiger partial charge on any atom is 0.162 e. The molecule has 4 aromatic rings. The van der Waals surface area contributed by atoms with Crippen molar-refractivity contribution in [3.05, 3.63) is 66.2 Å². The van der Waals surface area contributed by atoms with Crippen LogP contribution in [0.1, 0.15) is 17.1 Å². The number of nitrogens with zero attached hydrogens (tertiary/aromatic N) is 4. The number of fused-ring (bicyclic) bond motifs is 1. The van der Waals surface area contributed by atoms with Gasteiger partial charge in [0.05, 0.1) is 12.8 Å². The molecular formula is C18H17N5O. The predicted octanol–water partition coefficient (Wildman–Crippen LogP) is 3.61. The van der Waals surface area contributed by atoms with Crippen molar-refractivity contribution in [1.82, 2.24) is 19.4 Å². The van der Waals surface area contributed by atoms with Crippen LogP contribution in [0.4, 0.5) is 5.82 Å². The molecule has 6 heteroatoms. The second-order valence-corrected chi connectivity index (χ2v) is 5.69. The lowest BCUT2D eigenvalue weighted by molar-refractivity contribution is 0.582. The number of nitrogens with one attached hydrogen (secondary N) is 1. The van der Waals surface area contributed by atoms with Crippen LogP contribution < -0.4 is 5.32 Å². The van der Waals surface area contributed by atoms with Crippen LogP contribution in [-0.4, -0.2) is 19.4 Å². The maximum atomic E-state index is 5.37. The third-order valence-corrected chi connectivity index (χ3v) is 3.90. The summed E-state index contributed by atoms with van der Waals surface area (Å²) in [4.78, 5) is 13.5. The summed E-state index contributed by atoms with van der Waals surface area (Å²) in [7, 11) is 0. The zero-order valence-electron chi connectivity index (χ0n) is 13.5. The summed E-state index contributed by atoms with van der Waals surface area (Å²) < 4.78 is 7.36. The number of hydrogen-bond donors (Lipinski definition) is 1. The molecular weight excluding hydrogens is 302 g/mol. The lowest BCUT2D eigenvalue weighted by Crippen LogP contribution is -2.03. The molecule has 4 rings (SSSR count). The summed E-state index contributed by atoms with van der Waals surface area (Å²) >= 11 is 0. The summed E-state index contributed by atoms with van der Waals surface area (Å²) in [6.07, 6.45) is 5.25. The van der Waals surface area contributed by atoms with Gasteiger partial charge in [-0.2, -0.15) is 0 Å². The number of aromatic nitrogens is 4. The Balaban J connectivity index is 1.53. The van der Waals surface area contributed by atoms with Gasteiger partial charge < -0.3 is 9.73 Å². The number of pyridine rings is 1. The van der Waals surface area contributed by atoms with E-state index in [1.807, 2.05) is 48.0 Å². The van der Waals surface area contributed by atoms with Gasteiger partial charge in [-0.1, -0.05) is 0 Å². The first kappa shape index (κ1) is 14.4. The molecule has 0 unspecified atom stereocenters. The molecule has 0 amide bonds. The molecule has 0 spiro atoms. The van der Waals surface area contributed by atoms with Crippen LogP contribution >= 0.6 is 0 Å². The molecule has 0 fully saturated rings. The molecule has 0 aliphatic heterocycles. The van der Waals surface area contributed by atoms with Crippen LogP contribution in [0.3, 0.4) is 0 Å². The number of anilines is 1. The van der Waals surface area contributed by atoms with Gasteiger partial charge in [0.25, 0.3) is 0 Å². The molecule has 0 radical (unpaired) electrons. The maximum absolute atomic E-state index is 5.37. The molecule has 120 valence electrons. The van der Waals surface area contributed by atoms with Crippen LogP contribution in [0.5, 0.6) is 0 Å². The van der Waals surface area contributed by atoms with Crippen molar-refractivity contribution < 1.29 is 4.42 Å². The van der Waals surface area contributed by atoms with E-state index < -0.39 is 0 Å². The van der Waals surface area contributed by atoms with E-state index in [2.05, 4.69) is 27.2 Å². The molecule has 0 bridgehead atoms. The minimum atomic E-state index is 0.569. The first-order valence-corrected chi connectivity index (χ1v) is 7.75. The summed E-state index contributed by atoms with van der Waals surface area (Å²) in [5.41, 5.74) is 4.84. The fourth-order valence-electron chi connectivity index (χ4n) is 2.71. The topological polar surface area (TPSA) is 68.2 Å². The van der Waals surface area contributed by atoms with Crippen molar-refractivity contribution >= 4 is 11.5 Å². The summed E-state index contributed by atoms with van der Waals surface area (Å²) in [5, 5.41) is 3.29. The first-order chi connectivity index (χ1) is 11.7. The van der Waals surface area contributed by atoms with Crippen LogP contribution in [0.25, 0.3) is 17.0 Å². The monoisotopic (exact) mass is 319 g/mol. The molecule has 0 aromatic carbocycles. The Kier molecular flexibility index (Phi) is 3.49. The quantitative estimate of drug-likeness (QED) is 0.622. The predicted molar refractivity (Wildman–Crippen MR) is 91.7 cm³/mol. The Hall–Kier alpha value is -3.15. The van der Waals surface area contributed by atoms with Crippen molar-refractivity contribution in [2.45, 2.75) is 20.4 Å². The smallest absolute Gasteiger partial charge is 0.162 e. The minimum absolute atomic E-state index is 0.569. The minimum Gasteiger partial charge on any atom is -0.464 e. The van der Waals surface area contributed by atoms with Crippen LogP contribution in [0.15, 0.2) is 53.5 Å². The summed E-state index contributed by atoms with van der Waals surface area (Å²) in [5.74, 6) is 1.60. The highest BCUT2D eigenvalue weighted by molar-refractivity contribution is 5.58. The van der Waals surface area contributed by atoms with Crippen LogP contribution in [0.2, 0.25) is 0 Å². The molecule has 6 nitrogen and oxygen atoms in total. The van der Waals surface area contributed by atoms with Gasteiger partial charge in [-0.05, 0) is 44.2 Å². The van der Waals surface area contributed by atoms with Gasteiger partial charge in [-0.3, -0.25) is 4.40 Å². The second kappa shape index (κ2) is 5.81. The van der Waals surface area contributed by atoms with Gasteiger partial charge in [-0.25, -0.2) is 15.0 Å². The molecule has 24 heavy (non-hydrogen) atoms. The Labute approximate surface area is 139 Å². The largest absolute Gasteiger partial charge is 0.464 e. The number of hydrogen-bond acceptors (Lipinski definition) is 5. The zero-order valence-corrected chi connectivity index (χ0v) is 13.5. The van der Waals surface area contributed by atoms with Gasteiger partial charge in [0.1, 0.15) is 23.6 Å². The molecule has 1 N–H and O–H groups in total. The van der Waals surface area contributed by atoms with Crippen molar-refractivity contribution in [2.24, 2.45) is 0 Å². The summed E-state index contributed by atoms with van der Waals surface area (Å²) in [6.45, 7) is 4.61. The Bertz CT molecular complexity index is 971.